The van der Waals surface area contributed by atoms with Gasteiger partial charge in [-0.2, -0.15) is 5.10 Å². The summed E-state index contributed by atoms with van der Waals surface area (Å²) in [5, 5.41) is 4.06. The summed E-state index contributed by atoms with van der Waals surface area (Å²) in [5.74, 6) is -0.532. The first-order valence-electron chi connectivity index (χ1n) is 7.04. The lowest BCUT2D eigenvalue weighted by Gasteiger charge is -2.19. The number of carbonyl (C=O) groups excluding carboxylic acids is 2. The zero-order chi connectivity index (χ0) is 17.2. The van der Waals surface area contributed by atoms with Crippen LogP contribution < -0.4 is 5.73 Å². The SMILES string of the molecule is Cc1ncc(-c2cc(C(N)=O)nn2CC(=O)OC(C)(C)C)cn1. The van der Waals surface area contributed by atoms with Crippen LogP contribution in [-0.4, -0.2) is 37.2 Å². The molecule has 0 aromatic carbocycles. The summed E-state index contributed by atoms with van der Waals surface area (Å²) in [6, 6.07) is 1.50. The van der Waals surface area contributed by atoms with Crippen LogP contribution in [0.3, 0.4) is 0 Å². The number of primary amides is 1. The van der Waals surface area contributed by atoms with Crippen LogP contribution in [0.25, 0.3) is 11.3 Å². The molecule has 0 saturated carbocycles. The first kappa shape index (κ1) is 16.6. The van der Waals surface area contributed by atoms with Crippen molar-refractivity contribution in [2.45, 2.75) is 39.8 Å². The van der Waals surface area contributed by atoms with Gasteiger partial charge < -0.3 is 10.5 Å². The zero-order valence-electron chi connectivity index (χ0n) is 13.5. The number of esters is 1. The average Bonchev–Trinajstić information content (AvgIpc) is 2.81. The number of hydrogen-bond donors (Lipinski definition) is 1. The van der Waals surface area contributed by atoms with Crippen LogP contribution in [0, 0.1) is 6.92 Å². The number of rotatable bonds is 4. The predicted molar refractivity (Wildman–Crippen MR) is 82.4 cm³/mol. The molecule has 0 radical (unpaired) electrons. The lowest BCUT2D eigenvalue weighted by Crippen LogP contribution is -2.27. The van der Waals surface area contributed by atoms with E-state index in [1.54, 1.807) is 40.1 Å². The van der Waals surface area contributed by atoms with Crippen LogP contribution in [0.1, 0.15) is 37.1 Å². The molecule has 122 valence electrons. The van der Waals surface area contributed by atoms with E-state index in [1.165, 1.54) is 10.7 Å². The van der Waals surface area contributed by atoms with Crippen LogP contribution in [0.2, 0.25) is 0 Å². The number of nitrogens with two attached hydrogens (primary N) is 1. The molecule has 2 rings (SSSR count). The third-order valence-corrected chi connectivity index (χ3v) is 2.81. The molecule has 0 unspecified atom stereocenters. The second kappa shape index (κ2) is 6.15. The quantitative estimate of drug-likeness (QED) is 0.844. The molecule has 0 atom stereocenters. The van der Waals surface area contributed by atoms with Crippen molar-refractivity contribution >= 4 is 11.9 Å². The smallest absolute Gasteiger partial charge is 0.328 e. The number of ether oxygens (including phenoxy) is 1. The minimum atomic E-state index is -0.679. The van der Waals surface area contributed by atoms with Gasteiger partial charge in [0.25, 0.3) is 5.91 Å². The summed E-state index contributed by atoms with van der Waals surface area (Å²) in [6.07, 6.45) is 3.19. The van der Waals surface area contributed by atoms with Gasteiger partial charge >= 0.3 is 5.97 Å². The van der Waals surface area contributed by atoms with Gasteiger partial charge in [-0.05, 0) is 33.8 Å². The van der Waals surface area contributed by atoms with Crippen molar-refractivity contribution in [2.75, 3.05) is 0 Å². The molecule has 2 aromatic heterocycles. The summed E-state index contributed by atoms with van der Waals surface area (Å²) < 4.78 is 6.64. The number of carbonyl (C=O) groups is 2. The van der Waals surface area contributed by atoms with Gasteiger partial charge in [0, 0.05) is 18.0 Å². The molecule has 0 saturated heterocycles. The maximum Gasteiger partial charge on any atom is 0.328 e. The molecule has 2 N–H and O–H groups in total. The monoisotopic (exact) mass is 317 g/mol. The topological polar surface area (TPSA) is 113 Å². The van der Waals surface area contributed by atoms with E-state index in [4.69, 9.17) is 10.5 Å². The first-order chi connectivity index (χ1) is 10.7. The number of amides is 1. The van der Waals surface area contributed by atoms with E-state index < -0.39 is 17.5 Å². The molecule has 2 aromatic rings. The Labute approximate surface area is 133 Å². The number of aromatic nitrogens is 4. The van der Waals surface area contributed by atoms with Gasteiger partial charge in [0.05, 0.1) is 5.69 Å². The second-order valence-electron chi connectivity index (χ2n) is 6.04. The van der Waals surface area contributed by atoms with Crippen molar-refractivity contribution in [1.82, 2.24) is 19.7 Å². The Morgan fingerprint density at radius 2 is 1.87 bits per heavy atom. The largest absolute Gasteiger partial charge is 0.459 e. The molecule has 2 heterocycles. The third kappa shape index (κ3) is 4.35. The van der Waals surface area contributed by atoms with Gasteiger partial charge in [0.2, 0.25) is 0 Å². The second-order valence-corrected chi connectivity index (χ2v) is 6.04. The molecule has 23 heavy (non-hydrogen) atoms. The van der Waals surface area contributed by atoms with Crippen molar-refractivity contribution in [3.05, 3.63) is 30.0 Å². The Morgan fingerprint density at radius 1 is 1.26 bits per heavy atom. The lowest BCUT2D eigenvalue weighted by atomic mass is 10.2. The maximum absolute atomic E-state index is 12.0. The predicted octanol–water partition coefficient (Wildman–Crippen LogP) is 1.09. The normalized spacial score (nSPS) is 11.3. The zero-order valence-corrected chi connectivity index (χ0v) is 13.5. The molecular weight excluding hydrogens is 298 g/mol. The highest BCUT2D eigenvalue weighted by Gasteiger charge is 2.20. The minimum Gasteiger partial charge on any atom is -0.459 e. The molecule has 0 aliphatic carbocycles. The van der Waals surface area contributed by atoms with Gasteiger partial charge in [-0.25, -0.2) is 9.97 Å². The van der Waals surface area contributed by atoms with E-state index in [-0.39, 0.29) is 12.2 Å². The van der Waals surface area contributed by atoms with Crippen molar-refractivity contribution in [3.63, 3.8) is 0 Å². The van der Waals surface area contributed by atoms with Gasteiger partial charge in [-0.3, -0.25) is 14.3 Å². The fourth-order valence-electron chi connectivity index (χ4n) is 1.91. The number of hydrogen-bond acceptors (Lipinski definition) is 6. The maximum atomic E-state index is 12.0. The molecule has 8 nitrogen and oxygen atoms in total. The van der Waals surface area contributed by atoms with E-state index in [9.17, 15) is 9.59 Å². The van der Waals surface area contributed by atoms with Gasteiger partial charge in [0.15, 0.2) is 5.69 Å². The van der Waals surface area contributed by atoms with Crippen molar-refractivity contribution in [2.24, 2.45) is 5.73 Å². The van der Waals surface area contributed by atoms with Crippen molar-refractivity contribution in [3.8, 4) is 11.3 Å². The molecule has 0 aliphatic heterocycles. The van der Waals surface area contributed by atoms with Gasteiger partial charge in [-0.1, -0.05) is 0 Å². The van der Waals surface area contributed by atoms with E-state index in [0.29, 0.717) is 17.1 Å². The fourth-order valence-corrected chi connectivity index (χ4v) is 1.91. The Hall–Kier alpha value is -2.77. The van der Waals surface area contributed by atoms with Crippen LogP contribution in [0.4, 0.5) is 0 Å². The molecule has 0 fully saturated rings. The highest BCUT2D eigenvalue weighted by molar-refractivity contribution is 5.92. The minimum absolute atomic E-state index is 0.0594. The van der Waals surface area contributed by atoms with Crippen LogP contribution in [-0.2, 0) is 16.1 Å². The van der Waals surface area contributed by atoms with E-state index in [2.05, 4.69) is 15.1 Å². The fraction of sp³-hybridized carbons (Fsp3) is 0.400. The molecular formula is C15H19N5O3. The van der Waals surface area contributed by atoms with Crippen LogP contribution >= 0.6 is 0 Å². The third-order valence-electron chi connectivity index (χ3n) is 2.81. The number of nitrogens with zero attached hydrogens (tertiary/aromatic N) is 4. The lowest BCUT2D eigenvalue weighted by molar-refractivity contribution is -0.155. The van der Waals surface area contributed by atoms with Crippen molar-refractivity contribution < 1.29 is 14.3 Å². The van der Waals surface area contributed by atoms with Gasteiger partial charge in [-0.15, -0.1) is 0 Å². The first-order valence-corrected chi connectivity index (χ1v) is 7.04. The Balaban J connectivity index is 2.36. The number of aryl methyl sites for hydroxylation is 1. The summed E-state index contributed by atoms with van der Waals surface area (Å²) in [7, 11) is 0. The molecule has 1 amide bonds. The Kier molecular flexibility index (Phi) is 4.44. The van der Waals surface area contributed by atoms with Crippen LogP contribution in [0.15, 0.2) is 18.5 Å². The summed E-state index contributed by atoms with van der Waals surface area (Å²) in [6.45, 7) is 6.94. The van der Waals surface area contributed by atoms with E-state index >= 15 is 0 Å². The molecule has 0 bridgehead atoms. The van der Waals surface area contributed by atoms with Gasteiger partial charge in [0.1, 0.15) is 18.0 Å². The molecule has 0 aliphatic rings. The van der Waals surface area contributed by atoms with Crippen molar-refractivity contribution in [1.29, 1.82) is 0 Å². The Morgan fingerprint density at radius 3 is 2.39 bits per heavy atom. The average molecular weight is 317 g/mol. The van der Waals surface area contributed by atoms with E-state index in [1.807, 2.05) is 0 Å². The molecule has 8 heteroatoms. The highest BCUT2D eigenvalue weighted by Crippen LogP contribution is 2.20. The van der Waals surface area contributed by atoms with Crippen LogP contribution in [0.5, 0.6) is 0 Å². The summed E-state index contributed by atoms with van der Waals surface area (Å²) >= 11 is 0. The summed E-state index contributed by atoms with van der Waals surface area (Å²) in [5.41, 5.74) is 5.86. The Bertz CT molecular complexity index is 729. The standard InChI is InChI=1S/C15H19N5O3/c1-9-17-6-10(7-18-9)12-5-11(14(16)22)19-20(12)8-13(21)23-15(2,3)4/h5-7H,8H2,1-4H3,(H2,16,22). The molecule has 0 spiro atoms. The highest BCUT2D eigenvalue weighted by atomic mass is 16.6. The van der Waals surface area contributed by atoms with E-state index in [0.717, 1.165) is 0 Å². The summed E-state index contributed by atoms with van der Waals surface area (Å²) in [4.78, 5) is 31.6.